The van der Waals surface area contributed by atoms with Crippen molar-refractivity contribution in [2.24, 2.45) is 0 Å². The Morgan fingerprint density at radius 2 is 1.62 bits per heavy atom. The van der Waals surface area contributed by atoms with Gasteiger partial charge >= 0.3 is 0 Å². The summed E-state index contributed by atoms with van der Waals surface area (Å²) >= 11 is 11.9. The maximum Gasteiger partial charge on any atom is 0.232 e. The number of anilines is 1. The second-order valence-electron chi connectivity index (χ2n) is 5.06. The van der Waals surface area contributed by atoms with Gasteiger partial charge in [0.15, 0.2) is 11.5 Å². The van der Waals surface area contributed by atoms with Crippen molar-refractivity contribution in [2.45, 2.75) is 6.54 Å². The fraction of sp³-hybridized carbons (Fsp3) is 0.250. The largest absolute Gasteiger partial charge is 0.493 e. The summed E-state index contributed by atoms with van der Waals surface area (Å²) in [6.07, 6.45) is 1.14. The zero-order valence-corrected chi connectivity index (χ0v) is 15.7. The number of methoxy groups -OCH3 is 2. The van der Waals surface area contributed by atoms with Crippen LogP contribution in [0, 0.1) is 0 Å². The van der Waals surface area contributed by atoms with E-state index >= 15 is 0 Å². The number of nitrogens with zero attached hydrogens (tertiary/aromatic N) is 1. The lowest BCUT2D eigenvalue weighted by atomic mass is 10.2. The monoisotopic (exact) mass is 389 g/mol. The van der Waals surface area contributed by atoms with E-state index in [0.717, 1.165) is 6.26 Å². The van der Waals surface area contributed by atoms with Crippen LogP contribution in [-0.2, 0) is 16.6 Å². The Morgan fingerprint density at radius 1 is 0.958 bits per heavy atom. The van der Waals surface area contributed by atoms with Crippen LogP contribution in [0.1, 0.15) is 5.56 Å². The molecule has 0 aromatic heterocycles. The molecule has 0 N–H and O–H groups in total. The van der Waals surface area contributed by atoms with Gasteiger partial charge in [-0.15, -0.1) is 0 Å². The van der Waals surface area contributed by atoms with Crippen LogP contribution in [0.15, 0.2) is 36.4 Å². The van der Waals surface area contributed by atoms with Crippen molar-refractivity contribution in [3.8, 4) is 11.5 Å². The minimum atomic E-state index is -3.52. The van der Waals surface area contributed by atoms with Crippen LogP contribution in [0.2, 0.25) is 10.0 Å². The van der Waals surface area contributed by atoms with Crippen molar-refractivity contribution in [3.63, 3.8) is 0 Å². The summed E-state index contributed by atoms with van der Waals surface area (Å²) in [6, 6.07) is 9.92. The van der Waals surface area contributed by atoms with Crippen LogP contribution in [0.5, 0.6) is 11.5 Å². The highest BCUT2D eigenvalue weighted by Gasteiger charge is 2.20. The molecule has 24 heavy (non-hydrogen) atoms. The number of hydrogen-bond acceptors (Lipinski definition) is 4. The van der Waals surface area contributed by atoms with Gasteiger partial charge in [-0.2, -0.15) is 0 Å². The molecule has 0 amide bonds. The molecule has 0 aliphatic carbocycles. The summed E-state index contributed by atoms with van der Waals surface area (Å²) in [5, 5.41) is 0.785. The first-order chi connectivity index (χ1) is 11.3. The van der Waals surface area contributed by atoms with Crippen LogP contribution >= 0.6 is 23.2 Å². The lowest BCUT2D eigenvalue weighted by Crippen LogP contribution is -2.29. The molecule has 2 aromatic rings. The Hall–Kier alpha value is -1.63. The van der Waals surface area contributed by atoms with Gasteiger partial charge in [0.2, 0.25) is 10.0 Å². The van der Waals surface area contributed by atoms with Crippen molar-refractivity contribution in [1.82, 2.24) is 0 Å². The minimum Gasteiger partial charge on any atom is -0.493 e. The smallest absolute Gasteiger partial charge is 0.232 e. The van der Waals surface area contributed by atoms with Gasteiger partial charge in [0.05, 0.1) is 42.8 Å². The Labute approximate surface area is 151 Å². The molecule has 0 bridgehead atoms. The average molecular weight is 390 g/mol. The summed E-state index contributed by atoms with van der Waals surface area (Å²) in [5.74, 6) is 0.960. The Morgan fingerprint density at radius 3 is 2.17 bits per heavy atom. The lowest BCUT2D eigenvalue weighted by molar-refractivity contribution is 0.355. The molecule has 0 saturated heterocycles. The first kappa shape index (κ1) is 18.7. The molecule has 8 heteroatoms. The first-order valence-corrected chi connectivity index (χ1v) is 9.50. The van der Waals surface area contributed by atoms with Gasteiger partial charge in [-0.3, -0.25) is 4.31 Å². The first-order valence-electron chi connectivity index (χ1n) is 6.90. The number of sulfonamides is 1. The fourth-order valence-electron chi connectivity index (χ4n) is 2.18. The Bertz CT molecular complexity index is 840. The minimum absolute atomic E-state index is 0.116. The fourth-order valence-corrected chi connectivity index (χ4v) is 3.38. The van der Waals surface area contributed by atoms with Gasteiger partial charge in [-0.25, -0.2) is 8.42 Å². The third-order valence-corrected chi connectivity index (χ3v) is 5.25. The van der Waals surface area contributed by atoms with Gasteiger partial charge in [0.25, 0.3) is 0 Å². The molecule has 0 spiro atoms. The van der Waals surface area contributed by atoms with Crippen molar-refractivity contribution < 1.29 is 17.9 Å². The van der Waals surface area contributed by atoms with Gasteiger partial charge < -0.3 is 9.47 Å². The summed E-state index contributed by atoms with van der Waals surface area (Å²) in [6.45, 7) is 0.116. The summed E-state index contributed by atoms with van der Waals surface area (Å²) in [7, 11) is -0.516. The molecule has 0 unspecified atom stereocenters. The summed E-state index contributed by atoms with van der Waals surface area (Å²) in [4.78, 5) is 0. The molecule has 130 valence electrons. The highest BCUT2D eigenvalue weighted by atomic mass is 35.5. The second kappa shape index (κ2) is 7.51. The van der Waals surface area contributed by atoms with Crippen LogP contribution in [0.3, 0.4) is 0 Å². The molecule has 5 nitrogen and oxygen atoms in total. The average Bonchev–Trinajstić information content (AvgIpc) is 2.54. The van der Waals surface area contributed by atoms with Gasteiger partial charge in [-0.05, 0) is 29.8 Å². The predicted octanol–water partition coefficient (Wildman–Crippen LogP) is 3.98. The Balaban J connectivity index is 2.44. The maximum absolute atomic E-state index is 12.2. The van der Waals surface area contributed by atoms with E-state index in [1.807, 2.05) is 0 Å². The van der Waals surface area contributed by atoms with Gasteiger partial charge in [-0.1, -0.05) is 29.3 Å². The van der Waals surface area contributed by atoms with E-state index in [0.29, 0.717) is 32.8 Å². The summed E-state index contributed by atoms with van der Waals surface area (Å²) < 4.78 is 36.2. The van der Waals surface area contributed by atoms with E-state index in [1.165, 1.54) is 18.5 Å². The molecule has 2 rings (SSSR count). The molecule has 0 saturated carbocycles. The molecule has 0 aliphatic rings. The standard InChI is InChI=1S/C16H17Cl2NO4S/c1-22-15-7-5-12(9-16(15)23-2)19(24(3,20)21)10-11-4-6-13(17)14(18)8-11/h4-9H,10H2,1-3H3. The van der Waals surface area contributed by atoms with Gasteiger partial charge in [0, 0.05) is 6.07 Å². The van der Waals surface area contributed by atoms with E-state index in [4.69, 9.17) is 32.7 Å². The van der Waals surface area contributed by atoms with E-state index in [1.54, 1.807) is 36.4 Å². The molecule has 0 aliphatic heterocycles. The lowest BCUT2D eigenvalue weighted by Gasteiger charge is -2.23. The number of rotatable bonds is 6. The Kier molecular flexibility index (Phi) is 5.85. The van der Waals surface area contributed by atoms with E-state index < -0.39 is 10.0 Å². The normalized spacial score (nSPS) is 11.2. The number of hydrogen-bond donors (Lipinski definition) is 0. The third-order valence-electron chi connectivity index (χ3n) is 3.37. The zero-order chi connectivity index (χ0) is 17.9. The van der Waals surface area contributed by atoms with Crippen LogP contribution < -0.4 is 13.8 Å². The second-order valence-corrected chi connectivity index (χ2v) is 7.78. The number of halogens is 2. The van der Waals surface area contributed by atoms with E-state index in [2.05, 4.69) is 0 Å². The predicted molar refractivity (Wildman–Crippen MR) is 97.0 cm³/mol. The maximum atomic E-state index is 12.2. The van der Waals surface area contributed by atoms with Crippen molar-refractivity contribution in [1.29, 1.82) is 0 Å². The molecule has 0 heterocycles. The third kappa shape index (κ3) is 4.26. The van der Waals surface area contributed by atoms with Gasteiger partial charge in [0.1, 0.15) is 0 Å². The molecular formula is C16H17Cl2NO4S. The van der Waals surface area contributed by atoms with E-state index in [9.17, 15) is 8.42 Å². The van der Waals surface area contributed by atoms with E-state index in [-0.39, 0.29) is 6.54 Å². The van der Waals surface area contributed by atoms with Crippen molar-refractivity contribution in [2.75, 3.05) is 24.8 Å². The van der Waals surface area contributed by atoms with Crippen LogP contribution in [0.4, 0.5) is 5.69 Å². The highest BCUT2D eigenvalue weighted by Crippen LogP contribution is 2.33. The van der Waals surface area contributed by atoms with Crippen LogP contribution in [-0.4, -0.2) is 28.9 Å². The zero-order valence-electron chi connectivity index (χ0n) is 13.4. The quantitative estimate of drug-likeness (QED) is 0.749. The highest BCUT2D eigenvalue weighted by molar-refractivity contribution is 7.92. The summed E-state index contributed by atoms with van der Waals surface area (Å²) in [5.41, 5.74) is 1.17. The number of ether oxygens (including phenoxy) is 2. The van der Waals surface area contributed by atoms with Crippen molar-refractivity contribution in [3.05, 3.63) is 52.0 Å². The molecule has 2 aromatic carbocycles. The molecule has 0 fully saturated rings. The molecule has 0 atom stereocenters. The SMILES string of the molecule is COc1ccc(N(Cc2ccc(Cl)c(Cl)c2)S(C)(=O)=O)cc1OC. The molecular weight excluding hydrogens is 373 g/mol. The van der Waals surface area contributed by atoms with Crippen LogP contribution in [0.25, 0.3) is 0 Å². The van der Waals surface area contributed by atoms with Crippen molar-refractivity contribution >= 4 is 38.9 Å². The topological polar surface area (TPSA) is 55.8 Å². The number of benzene rings is 2. The molecule has 0 radical (unpaired) electrons.